The normalized spacial score (nSPS) is 19.5. The van der Waals surface area contributed by atoms with Crippen LogP contribution in [0.25, 0.3) is 0 Å². The Balaban J connectivity index is 2.21. The minimum atomic E-state index is -0.180. The Morgan fingerprint density at radius 3 is 2.47 bits per heavy atom. The fourth-order valence-corrected chi connectivity index (χ4v) is 2.30. The van der Waals surface area contributed by atoms with E-state index in [2.05, 4.69) is 30.0 Å². The molecular weight excluding hydrogens is 210 g/mol. The smallest absolute Gasteiger partial charge is 0.0684 e. The largest absolute Gasteiger partial charge is 0.306 e. The number of nitrogens with zero attached hydrogens (tertiary/aromatic N) is 3. The van der Waals surface area contributed by atoms with Gasteiger partial charge in [-0.2, -0.15) is 5.26 Å². The molecule has 0 aromatic rings. The number of likely N-dealkylation sites (tertiary alicyclic amines) is 1. The molecule has 0 amide bonds. The summed E-state index contributed by atoms with van der Waals surface area (Å²) in [5, 5.41) is 8.98. The molecule has 0 aliphatic carbocycles. The maximum Gasteiger partial charge on any atom is 0.0684 e. The van der Waals surface area contributed by atoms with E-state index in [0.29, 0.717) is 0 Å². The predicted octanol–water partition coefficient (Wildman–Crippen LogP) is 2.20. The first kappa shape index (κ1) is 14.5. The van der Waals surface area contributed by atoms with Gasteiger partial charge in [-0.15, -0.1) is 0 Å². The zero-order valence-electron chi connectivity index (χ0n) is 11.9. The number of hydrogen-bond donors (Lipinski definition) is 0. The van der Waals surface area contributed by atoms with Gasteiger partial charge in [-0.25, -0.2) is 0 Å². The average Bonchev–Trinajstić information content (AvgIpc) is 2.30. The van der Waals surface area contributed by atoms with Crippen LogP contribution in [0.2, 0.25) is 0 Å². The summed E-state index contributed by atoms with van der Waals surface area (Å²) in [6.45, 7) is 8.75. The summed E-state index contributed by atoms with van der Waals surface area (Å²) in [5.74, 6) is 0.849. The first-order chi connectivity index (χ1) is 7.93. The summed E-state index contributed by atoms with van der Waals surface area (Å²) in [6, 6.07) is 2.37. The number of piperidine rings is 1. The van der Waals surface area contributed by atoms with Crippen molar-refractivity contribution in [3.05, 3.63) is 0 Å². The van der Waals surface area contributed by atoms with E-state index in [-0.39, 0.29) is 5.41 Å². The SMILES string of the molecule is CN1CCC(CN(C)CCC(C)(C)C#N)CC1. The van der Waals surface area contributed by atoms with E-state index in [1.54, 1.807) is 0 Å². The van der Waals surface area contributed by atoms with Crippen molar-refractivity contribution in [1.29, 1.82) is 5.26 Å². The highest BCUT2D eigenvalue weighted by Crippen LogP contribution is 2.20. The molecule has 0 N–H and O–H groups in total. The maximum atomic E-state index is 8.98. The lowest BCUT2D eigenvalue weighted by molar-refractivity contribution is 0.170. The highest BCUT2D eigenvalue weighted by molar-refractivity contribution is 4.92. The van der Waals surface area contributed by atoms with Crippen LogP contribution in [0, 0.1) is 22.7 Å². The Labute approximate surface area is 106 Å². The Bertz CT molecular complexity index is 259. The fourth-order valence-electron chi connectivity index (χ4n) is 2.30. The van der Waals surface area contributed by atoms with Gasteiger partial charge >= 0.3 is 0 Å². The van der Waals surface area contributed by atoms with Crippen molar-refractivity contribution in [1.82, 2.24) is 9.80 Å². The Kier molecular flexibility index (Phi) is 5.42. The summed E-state index contributed by atoms with van der Waals surface area (Å²) < 4.78 is 0. The monoisotopic (exact) mass is 237 g/mol. The molecule has 1 aliphatic rings. The van der Waals surface area contributed by atoms with Crippen LogP contribution in [0.1, 0.15) is 33.1 Å². The van der Waals surface area contributed by atoms with Crippen molar-refractivity contribution in [2.24, 2.45) is 11.3 Å². The molecule has 0 spiro atoms. The van der Waals surface area contributed by atoms with Crippen LogP contribution < -0.4 is 0 Å². The molecule has 0 aromatic heterocycles. The van der Waals surface area contributed by atoms with Crippen molar-refractivity contribution in [3.63, 3.8) is 0 Å². The van der Waals surface area contributed by atoms with Crippen LogP contribution in [0.4, 0.5) is 0 Å². The van der Waals surface area contributed by atoms with Crippen molar-refractivity contribution < 1.29 is 0 Å². The molecule has 3 heteroatoms. The topological polar surface area (TPSA) is 30.3 Å². The molecule has 3 nitrogen and oxygen atoms in total. The Morgan fingerprint density at radius 1 is 1.35 bits per heavy atom. The Hall–Kier alpha value is -0.590. The minimum absolute atomic E-state index is 0.180. The summed E-state index contributed by atoms with van der Waals surface area (Å²) in [5.41, 5.74) is -0.180. The van der Waals surface area contributed by atoms with E-state index in [1.165, 1.54) is 32.5 Å². The lowest BCUT2D eigenvalue weighted by atomic mass is 9.91. The predicted molar refractivity (Wildman–Crippen MR) is 71.7 cm³/mol. The maximum absolute atomic E-state index is 8.98. The van der Waals surface area contributed by atoms with Gasteiger partial charge < -0.3 is 9.80 Å². The number of rotatable bonds is 5. The van der Waals surface area contributed by atoms with Crippen LogP contribution in [0.5, 0.6) is 0 Å². The molecule has 0 bridgehead atoms. The summed E-state index contributed by atoms with van der Waals surface area (Å²) in [7, 11) is 4.39. The summed E-state index contributed by atoms with van der Waals surface area (Å²) in [4.78, 5) is 4.81. The van der Waals surface area contributed by atoms with E-state index < -0.39 is 0 Å². The lowest BCUT2D eigenvalue weighted by Gasteiger charge is -2.32. The van der Waals surface area contributed by atoms with Gasteiger partial charge in [-0.05, 0) is 72.8 Å². The van der Waals surface area contributed by atoms with Gasteiger partial charge in [0, 0.05) is 6.54 Å². The summed E-state index contributed by atoms with van der Waals surface area (Å²) >= 11 is 0. The third-order valence-corrected chi connectivity index (χ3v) is 3.83. The van der Waals surface area contributed by atoms with Crippen molar-refractivity contribution >= 4 is 0 Å². The van der Waals surface area contributed by atoms with Gasteiger partial charge in [-0.3, -0.25) is 0 Å². The van der Waals surface area contributed by atoms with Gasteiger partial charge in [0.25, 0.3) is 0 Å². The Morgan fingerprint density at radius 2 is 1.94 bits per heavy atom. The molecule has 98 valence electrons. The molecule has 0 aromatic carbocycles. The molecule has 1 heterocycles. The van der Waals surface area contributed by atoms with Gasteiger partial charge in [0.05, 0.1) is 11.5 Å². The molecule has 17 heavy (non-hydrogen) atoms. The molecule has 1 aliphatic heterocycles. The van der Waals surface area contributed by atoms with Crippen molar-refractivity contribution in [3.8, 4) is 6.07 Å². The van der Waals surface area contributed by atoms with Crippen molar-refractivity contribution in [2.45, 2.75) is 33.1 Å². The molecular formula is C14H27N3. The molecule has 0 atom stereocenters. The van der Waals surface area contributed by atoms with Crippen LogP contribution in [0.3, 0.4) is 0 Å². The second kappa shape index (κ2) is 6.37. The summed E-state index contributed by atoms with van der Waals surface area (Å²) in [6.07, 6.45) is 3.61. The second-order valence-electron chi connectivity index (χ2n) is 6.25. The van der Waals surface area contributed by atoms with Crippen molar-refractivity contribution in [2.75, 3.05) is 40.3 Å². The molecule has 0 radical (unpaired) electrons. The fraction of sp³-hybridized carbons (Fsp3) is 0.929. The molecule has 1 saturated heterocycles. The second-order valence-corrected chi connectivity index (χ2v) is 6.25. The molecule has 1 fully saturated rings. The zero-order valence-corrected chi connectivity index (χ0v) is 11.9. The van der Waals surface area contributed by atoms with Gasteiger partial charge in [-0.1, -0.05) is 0 Å². The highest BCUT2D eigenvalue weighted by Gasteiger charge is 2.20. The first-order valence-electron chi connectivity index (χ1n) is 6.71. The average molecular weight is 237 g/mol. The van der Waals surface area contributed by atoms with E-state index >= 15 is 0 Å². The molecule has 0 saturated carbocycles. The first-order valence-corrected chi connectivity index (χ1v) is 6.71. The molecule has 0 unspecified atom stereocenters. The van der Waals surface area contributed by atoms with Crippen LogP contribution in [-0.2, 0) is 0 Å². The minimum Gasteiger partial charge on any atom is -0.306 e. The van der Waals surface area contributed by atoms with E-state index in [1.807, 2.05) is 13.8 Å². The van der Waals surface area contributed by atoms with E-state index in [9.17, 15) is 0 Å². The van der Waals surface area contributed by atoms with Gasteiger partial charge in [0.15, 0.2) is 0 Å². The highest BCUT2D eigenvalue weighted by atomic mass is 15.1. The third-order valence-electron chi connectivity index (χ3n) is 3.83. The van der Waals surface area contributed by atoms with Gasteiger partial charge in [0.2, 0.25) is 0 Å². The standard InChI is InChI=1S/C14H27N3/c1-14(2,12-15)7-10-17(4)11-13-5-8-16(3)9-6-13/h13H,5-11H2,1-4H3. The van der Waals surface area contributed by atoms with Crippen LogP contribution in [-0.4, -0.2) is 50.1 Å². The zero-order chi connectivity index (χ0) is 12.9. The van der Waals surface area contributed by atoms with Crippen LogP contribution in [0.15, 0.2) is 0 Å². The number of hydrogen-bond acceptors (Lipinski definition) is 3. The van der Waals surface area contributed by atoms with Crippen LogP contribution >= 0.6 is 0 Å². The van der Waals surface area contributed by atoms with E-state index in [0.717, 1.165) is 18.9 Å². The quantitative estimate of drug-likeness (QED) is 0.734. The lowest BCUT2D eigenvalue weighted by Crippen LogP contribution is -2.36. The number of nitriles is 1. The van der Waals surface area contributed by atoms with E-state index in [4.69, 9.17) is 5.26 Å². The van der Waals surface area contributed by atoms with Gasteiger partial charge in [0.1, 0.15) is 0 Å². The molecule has 1 rings (SSSR count). The third kappa shape index (κ3) is 5.52.